The SMILES string of the molecule is CCOC(=O)Cc1cc(Br)c(C#N)c(C(F)(F)F)c1. The molecule has 1 rings (SSSR count). The van der Waals surface area contributed by atoms with Gasteiger partial charge in [0.25, 0.3) is 0 Å². The van der Waals surface area contributed by atoms with E-state index in [4.69, 9.17) is 5.26 Å². The van der Waals surface area contributed by atoms with E-state index in [2.05, 4.69) is 20.7 Å². The lowest BCUT2D eigenvalue weighted by Gasteiger charge is -2.12. The fraction of sp³-hybridized carbons (Fsp3) is 0.333. The predicted molar refractivity (Wildman–Crippen MR) is 64.2 cm³/mol. The quantitative estimate of drug-likeness (QED) is 0.795. The van der Waals surface area contributed by atoms with Gasteiger partial charge in [-0.2, -0.15) is 18.4 Å². The number of hydrogen-bond acceptors (Lipinski definition) is 3. The Hall–Kier alpha value is -1.55. The van der Waals surface area contributed by atoms with Crippen molar-refractivity contribution in [3.05, 3.63) is 33.3 Å². The molecule has 0 unspecified atom stereocenters. The molecule has 102 valence electrons. The van der Waals surface area contributed by atoms with Crippen LogP contribution in [0.1, 0.15) is 23.6 Å². The molecule has 0 aliphatic heterocycles. The van der Waals surface area contributed by atoms with Crippen molar-refractivity contribution in [3.8, 4) is 6.07 Å². The van der Waals surface area contributed by atoms with Crippen LogP contribution >= 0.6 is 15.9 Å². The molecule has 0 saturated carbocycles. The number of nitrogens with zero attached hydrogens (tertiary/aromatic N) is 1. The number of halogens is 4. The molecular formula is C12H9BrF3NO2. The number of esters is 1. The van der Waals surface area contributed by atoms with Crippen LogP contribution in [0.5, 0.6) is 0 Å². The maximum atomic E-state index is 12.8. The molecule has 0 fully saturated rings. The van der Waals surface area contributed by atoms with E-state index in [1.54, 1.807) is 6.92 Å². The van der Waals surface area contributed by atoms with Crippen molar-refractivity contribution in [1.29, 1.82) is 5.26 Å². The van der Waals surface area contributed by atoms with Gasteiger partial charge in [0.1, 0.15) is 6.07 Å². The van der Waals surface area contributed by atoms with E-state index in [-0.39, 0.29) is 23.1 Å². The number of carbonyl (C=O) groups excluding carboxylic acids is 1. The lowest BCUT2D eigenvalue weighted by Crippen LogP contribution is -2.12. The molecule has 0 aromatic heterocycles. The molecule has 0 saturated heterocycles. The van der Waals surface area contributed by atoms with Crippen molar-refractivity contribution in [2.24, 2.45) is 0 Å². The Bertz CT molecular complexity index is 535. The molecule has 1 aromatic carbocycles. The standard InChI is InChI=1S/C12H9BrF3NO2/c1-2-19-11(18)5-7-3-9(12(14,15)16)8(6-17)10(13)4-7/h3-4H,2,5H2,1H3. The third-order valence-electron chi connectivity index (χ3n) is 2.22. The Morgan fingerprint density at radius 1 is 1.47 bits per heavy atom. The lowest BCUT2D eigenvalue weighted by molar-refractivity contribution is -0.142. The summed E-state index contributed by atoms with van der Waals surface area (Å²) < 4.78 is 43.0. The predicted octanol–water partition coefficient (Wildman–Crippen LogP) is 3.45. The molecule has 0 amide bonds. The first-order valence-corrected chi connectivity index (χ1v) is 6.04. The molecular weight excluding hydrogens is 327 g/mol. The molecule has 7 heteroatoms. The number of carbonyl (C=O) groups is 1. The van der Waals surface area contributed by atoms with E-state index < -0.39 is 23.3 Å². The number of hydrogen-bond donors (Lipinski definition) is 0. The van der Waals surface area contributed by atoms with Crippen molar-refractivity contribution in [2.75, 3.05) is 6.61 Å². The van der Waals surface area contributed by atoms with Crippen LogP contribution in [0.15, 0.2) is 16.6 Å². The fourth-order valence-electron chi connectivity index (χ4n) is 1.48. The highest BCUT2D eigenvalue weighted by Gasteiger charge is 2.35. The fourth-order valence-corrected chi connectivity index (χ4v) is 2.08. The van der Waals surface area contributed by atoms with E-state index in [1.807, 2.05) is 0 Å². The normalized spacial score (nSPS) is 10.9. The van der Waals surface area contributed by atoms with Crippen LogP contribution in [0.2, 0.25) is 0 Å². The molecule has 0 radical (unpaired) electrons. The Labute approximate surface area is 116 Å². The van der Waals surface area contributed by atoms with Crippen molar-refractivity contribution >= 4 is 21.9 Å². The van der Waals surface area contributed by atoms with Crippen molar-refractivity contribution < 1.29 is 22.7 Å². The second-order valence-electron chi connectivity index (χ2n) is 3.59. The van der Waals surface area contributed by atoms with Crippen molar-refractivity contribution in [2.45, 2.75) is 19.5 Å². The zero-order chi connectivity index (χ0) is 14.6. The molecule has 0 spiro atoms. The zero-order valence-corrected chi connectivity index (χ0v) is 11.4. The van der Waals surface area contributed by atoms with Gasteiger partial charge in [0.15, 0.2) is 0 Å². The molecule has 19 heavy (non-hydrogen) atoms. The second kappa shape index (κ2) is 6.06. The number of benzene rings is 1. The molecule has 0 heterocycles. The summed E-state index contributed by atoms with van der Waals surface area (Å²) in [7, 11) is 0. The maximum absolute atomic E-state index is 12.8. The van der Waals surface area contributed by atoms with E-state index in [1.165, 1.54) is 12.1 Å². The van der Waals surface area contributed by atoms with Crippen molar-refractivity contribution in [3.63, 3.8) is 0 Å². The van der Waals surface area contributed by atoms with Crippen molar-refractivity contribution in [1.82, 2.24) is 0 Å². The number of rotatable bonds is 3. The Kier molecular flexibility index (Phi) is 4.95. The summed E-state index contributed by atoms with van der Waals surface area (Å²) in [5.74, 6) is -0.618. The summed E-state index contributed by atoms with van der Waals surface area (Å²) >= 11 is 2.90. The van der Waals surface area contributed by atoms with Gasteiger partial charge in [-0.3, -0.25) is 4.79 Å². The van der Waals surface area contributed by atoms with Gasteiger partial charge in [0, 0.05) is 4.47 Å². The lowest BCUT2D eigenvalue weighted by atomic mass is 10.0. The molecule has 1 aromatic rings. The minimum Gasteiger partial charge on any atom is -0.466 e. The van der Waals surface area contributed by atoms with Crippen LogP contribution in [0, 0.1) is 11.3 Å². The van der Waals surface area contributed by atoms with Gasteiger partial charge >= 0.3 is 12.1 Å². The molecule has 0 bridgehead atoms. The van der Waals surface area contributed by atoms with Gasteiger partial charge in [0.05, 0.1) is 24.2 Å². The average molecular weight is 336 g/mol. The average Bonchev–Trinajstić information content (AvgIpc) is 2.27. The Morgan fingerprint density at radius 3 is 2.58 bits per heavy atom. The van der Waals surface area contributed by atoms with Crippen LogP contribution in [-0.2, 0) is 22.1 Å². The molecule has 3 nitrogen and oxygen atoms in total. The molecule has 0 atom stereocenters. The molecule has 0 aliphatic carbocycles. The van der Waals surface area contributed by atoms with Gasteiger partial charge in [-0.1, -0.05) is 0 Å². The van der Waals surface area contributed by atoms with E-state index in [0.29, 0.717) is 0 Å². The Balaban J connectivity index is 3.21. The van der Waals surface area contributed by atoms with Crippen LogP contribution in [0.4, 0.5) is 13.2 Å². The van der Waals surface area contributed by atoms with Gasteiger partial charge in [0.2, 0.25) is 0 Å². The third-order valence-corrected chi connectivity index (χ3v) is 2.85. The highest BCUT2D eigenvalue weighted by molar-refractivity contribution is 9.10. The highest BCUT2D eigenvalue weighted by atomic mass is 79.9. The minimum absolute atomic E-state index is 0.00382. The topological polar surface area (TPSA) is 50.1 Å². The van der Waals surface area contributed by atoms with Gasteiger partial charge in [-0.15, -0.1) is 0 Å². The second-order valence-corrected chi connectivity index (χ2v) is 4.45. The van der Waals surface area contributed by atoms with Crippen LogP contribution in [0.3, 0.4) is 0 Å². The zero-order valence-electron chi connectivity index (χ0n) is 9.84. The summed E-state index contributed by atoms with van der Waals surface area (Å²) in [4.78, 5) is 11.3. The number of alkyl halides is 3. The number of nitriles is 1. The van der Waals surface area contributed by atoms with Crippen LogP contribution < -0.4 is 0 Å². The summed E-state index contributed by atoms with van der Waals surface area (Å²) in [5.41, 5.74) is -1.43. The maximum Gasteiger partial charge on any atom is 0.417 e. The first-order valence-electron chi connectivity index (χ1n) is 5.25. The smallest absolute Gasteiger partial charge is 0.417 e. The summed E-state index contributed by atoms with van der Waals surface area (Å²) in [6.45, 7) is 1.76. The summed E-state index contributed by atoms with van der Waals surface area (Å²) in [6, 6.07) is 3.60. The van der Waals surface area contributed by atoms with Gasteiger partial charge in [-0.25, -0.2) is 0 Å². The highest BCUT2D eigenvalue weighted by Crippen LogP contribution is 2.35. The van der Waals surface area contributed by atoms with Crippen LogP contribution in [-0.4, -0.2) is 12.6 Å². The van der Waals surface area contributed by atoms with Gasteiger partial charge in [-0.05, 0) is 40.5 Å². The first kappa shape index (κ1) is 15.5. The first-order chi connectivity index (χ1) is 8.79. The summed E-state index contributed by atoms with van der Waals surface area (Å²) in [6.07, 6.45) is -4.93. The Morgan fingerprint density at radius 2 is 2.11 bits per heavy atom. The monoisotopic (exact) mass is 335 g/mol. The molecule has 0 aliphatic rings. The van der Waals surface area contributed by atoms with Crippen LogP contribution in [0.25, 0.3) is 0 Å². The van der Waals surface area contributed by atoms with E-state index in [0.717, 1.165) is 6.07 Å². The molecule has 0 N–H and O–H groups in total. The largest absolute Gasteiger partial charge is 0.466 e. The number of ether oxygens (including phenoxy) is 1. The van der Waals surface area contributed by atoms with E-state index >= 15 is 0 Å². The minimum atomic E-state index is -4.65. The third kappa shape index (κ3) is 3.96. The summed E-state index contributed by atoms with van der Waals surface area (Å²) in [5, 5.41) is 8.75. The van der Waals surface area contributed by atoms with E-state index in [9.17, 15) is 18.0 Å². The van der Waals surface area contributed by atoms with Gasteiger partial charge < -0.3 is 4.74 Å².